The van der Waals surface area contributed by atoms with Gasteiger partial charge in [0, 0.05) is 6.07 Å². The quantitative estimate of drug-likeness (QED) is 0.342. The molecule has 1 N–H and O–H groups in total. The molecule has 0 unspecified atom stereocenters. The molecule has 0 spiro atoms. The lowest BCUT2D eigenvalue weighted by molar-refractivity contribution is -0.385. The molecule has 11 heteroatoms. The minimum atomic E-state index is -0.567. The van der Waals surface area contributed by atoms with Crippen molar-refractivity contribution in [2.45, 2.75) is 0 Å². The van der Waals surface area contributed by atoms with E-state index in [-0.39, 0.29) is 20.7 Å². The second-order valence-electron chi connectivity index (χ2n) is 5.12. The minimum absolute atomic E-state index is 0.118. The first-order chi connectivity index (χ1) is 12.9. The number of hydrogen-bond donors (Lipinski definition) is 1. The van der Waals surface area contributed by atoms with Crippen LogP contribution in [0.25, 0.3) is 6.08 Å². The van der Waals surface area contributed by atoms with Crippen molar-refractivity contribution in [2.75, 3.05) is 7.11 Å². The van der Waals surface area contributed by atoms with Crippen LogP contribution in [0.4, 0.5) is 5.69 Å². The van der Waals surface area contributed by atoms with Gasteiger partial charge in [-0.2, -0.15) is 5.01 Å². The number of thioether (sulfide) groups is 1. The highest BCUT2D eigenvalue weighted by atomic mass is 32.2. The Labute approximate surface area is 166 Å². The Kier molecular flexibility index (Phi) is 5.54. The summed E-state index contributed by atoms with van der Waals surface area (Å²) in [4.78, 5) is 35.9. The number of rotatable bonds is 5. The number of nitrogens with one attached hydrogen (secondary N) is 1. The van der Waals surface area contributed by atoms with E-state index in [9.17, 15) is 19.7 Å². The van der Waals surface area contributed by atoms with Crippen LogP contribution in [-0.4, -0.2) is 33.2 Å². The van der Waals surface area contributed by atoms with Crippen molar-refractivity contribution in [1.82, 2.24) is 10.4 Å². The number of thiocarbonyl (C=S) groups is 1. The number of carbonyl (C=O) groups excluding carboxylic acids is 2. The van der Waals surface area contributed by atoms with Crippen LogP contribution in [0.1, 0.15) is 15.2 Å². The highest BCUT2D eigenvalue weighted by molar-refractivity contribution is 8.26. The normalized spacial score (nSPS) is 15.3. The number of ether oxygens (including phenoxy) is 1. The number of benzene rings is 1. The second kappa shape index (κ2) is 7.86. The van der Waals surface area contributed by atoms with Crippen molar-refractivity contribution in [1.29, 1.82) is 0 Å². The molecule has 2 heterocycles. The molecular weight excluding hydrogens is 410 g/mol. The Balaban J connectivity index is 1.83. The molecule has 0 radical (unpaired) electrons. The van der Waals surface area contributed by atoms with Crippen molar-refractivity contribution in [3.8, 4) is 5.75 Å². The van der Waals surface area contributed by atoms with E-state index in [2.05, 4.69) is 5.43 Å². The average molecular weight is 421 g/mol. The maximum absolute atomic E-state index is 12.5. The monoisotopic (exact) mass is 421 g/mol. The van der Waals surface area contributed by atoms with Gasteiger partial charge < -0.3 is 4.74 Å². The van der Waals surface area contributed by atoms with Gasteiger partial charge in [0.15, 0.2) is 10.1 Å². The van der Waals surface area contributed by atoms with Crippen molar-refractivity contribution in [2.24, 2.45) is 0 Å². The van der Waals surface area contributed by atoms with Gasteiger partial charge in [0.2, 0.25) is 0 Å². The van der Waals surface area contributed by atoms with Gasteiger partial charge in [-0.3, -0.25) is 25.1 Å². The molecule has 0 saturated carbocycles. The van der Waals surface area contributed by atoms with Crippen molar-refractivity contribution in [3.05, 3.63) is 61.2 Å². The summed E-state index contributed by atoms with van der Waals surface area (Å²) in [5, 5.41) is 13.9. The molecule has 3 rings (SSSR count). The first-order valence-corrected chi connectivity index (χ1v) is 9.46. The molecule has 1 fully saturated rings. The van der Waals surface area contributed by atoms with Crippen LogP contribution in [0.3, 0.4) is 0 Å². The highest BCUT2D eigenvalue weighted by Gasteiger charge is 2.34. The Hall–Kier alpha value is -2.76. The molecule has 1 aliphatic heterocycles. The summed E-state index contributed by atoms with van der Waals surface area (Å²) < 4.78 is 5.12. The van der Waals surface area contributed by atoms with E-state index in [1.165, 1.54) is 36.7 Å². The summed E-state index contributed by atoms with van der Waals surface area (Å²) in [5.74, 6) is -0.830. The molecule has 0 aliphatic carbocycles. The molecule has 1 aliphatic rings. The van der Waals surface area contributed by atoms with E-state index >= 15 is 0 Å². The summed E-state index contributed by atoms with van der Waals surface area (Å²) in [6.45, 7) is 0. The number of thiophene rings is 1. The summed E-state index contributed by atoms with van der Waals surface area (Å²) >= 11 is 7.39. The number of methoxy groups -OCH3 is 1. The number of nitro benzene ring substituents is 1. The smallest absolute Gasteiger partial charge is 0.311 e. The fraction of sp³-hybridized carbons (Fsp3) is 0.0625. The zero-order chi connectivity index (χ0) is 19.6. The third-order valence-corrected chi connectivity index (χ3v) is 5.62. The van der Waals surface area contributed by atoms with Gasteiger partial charge in [-0.1, -0.05) is 23.9 Å². The van der Waals surface area contributed by atoms with Crippen LogP contribution in [-0.2, 0) is 4.79 Å². The zero-order valence-corrected chi connectivity index (χ0v) is 16.2. The zero-order valence-electron chi connectivity index (χ0n) is 13.7. The summed E-state index contributed by atoms with van der Waals surface area (Å²) in [6.07, 6.45) is 1.48. The van der Waals surface area contributed by atoms with E-state index < -0.39 is 16.7 Å². The number of hydrogen-bond acceptors (Lipinski definition) is 8. The molecule has 0 atom stereocenters. The van der Waals surface area contributed by atoms with Gasteiger partial charge in [-0.25, -0.2) is 0 Å². The van der Waals surface area contributed by atoms with Crippen LogP contribution in [0, 0.1) is 10.1 Å². The molecule has 8 nitrogen and oxygen atoms in total. The highest BCUT2D eigenvalue weighted by Crippen LogP contribution is 2.34. The lowest BCUT2D eigenvalue weighted by Gasteiger charge is -2.14. The van der Waals surface area contributed by atoms with Crippen molar-refractivity contribution >= 4 is 63.2 Å². The third kappa shape index (κ3) is 3.99. The van der Waals surface area contributed by atoms with Crippen molar-refractivity contribution in [3.63, 3.8) is 0 Å². The molecule has 2 aromatic rings. The van der Waals surface area contributed by atoms with E-state index in [0.717, 1.165) is 16.8 Å². The lowest BCUT2D eigenvalue weighted by atomic mass is 10.1. The summed E-state index contributed by atoms with van der Waals surface area (Å²) in [5.41, 5.74) is 2.69. The third-order valence-electron chi connectivity index (χ3n) is 3.45. The fourth-order valence-corrected chi connectivity index (χ4v) is 4.01. The van der Waals surface area contributed by atoms with Gasteiger partial charge in [0.05, 0.1) is 21.8 Å². The molecule has 2 amide bonds. The largest absolute Gasteiger partial charge is 0.490 e. The first-order valence-electron chi connectivity index (χ1n) is 7.35. The molecule has 1 aromatic carbocycles. The number of nitro groups is 1. The van der Waals surface area contributed by atoms with Gasteiger partial charge in [0.1, 0.15) is 0 Å². The molecular formula is C16H11N3O5S3. The fourth-order valence-electron chi connectivity index (χ4n) is 2.22. The van der Waals surface area contributed by atoms with Gasteiger partial charge >= 0.3 is 5.69 Å². The van der Waals surface area contributed by atoms with Crippen LogP contribution in [0.2, 0.25) is 0 Å². The number of nitrogens with zero attached hydrogens (tertiary/aromatic N) is 2. The SMILES string of the molecule is COc1ccc(/C=C2/SC(=S)N(NC(=O)c3cccs3)C2=O)cc1[N+](=O)[O-]. The van der Waals surface area contributed by atoms with Gasteiger partial charge in [-0.05, 0) is 41.4 Å². The Morgan fingerprint density at radius 1 is 1.41 bits per heavy atom. The molecule has 1 saturated heterocycles. The van der Waals surface area contributed by atoms with Gasteiger partial charge in [0.25, 0.3) is 11.8 Å². The van der Waals surface area contributed by atoms with Gasteiger partial charge in [-0.15, -0.1) is 11.3 Å². The van der Waals surface area contributed by atoms with Crippen molar-refractivity contribution < 1.29 is 19.2 Å². The topological polar surface area (TPSA) is 102 Å². The summed E-state index contributed by atoms with van der Waals surface area (Å²) in [6, 6.07) is 7.69. The average Bonchev–Trinajstić information content (AvgIpc) is 3.26. The van der Waals surface area contributed by atoms with E-state index in [0.29, 0.717) is 10.4 Å². The van der Waals surface area contributed by atoms with Crippen LogP contribution < -0.4 is 10.2 Å². The van der Waals surface area contributed by atoms with E-state index in [4.69, 9.17) is 17.0 Å². The molecule has 27 heavy (non-hydrogen) atoms. The van der Waals surface area contributed by atoms with Crippen LogP contribution in [0.5, 0.6) is 5.75 Å². The Bertz CT molecular complexity index is 972. The maximum Gasteiger partial charge on any atom is 0.311 e. The number of hydrazine groups is 1. The van der Waals surface area contributed by atoms with Crippen LogP contribution >= 0.6 is 35.3 Å². The number of carbonyl (C=O) groups is 2. The summed E-state index contributed by atoms with van der Waals surface area (Å²) in [7, 11) is 1.34. The van der Waals surface area contributed by atoms with Crippen LogP contribution in [0.15, 0.2) is 40.6 Å². The Morgan fingerprint density at radius 3 is 2.81 bits per heavy atom. The predicted octanol–water partition coefficient (Wildman–Crippen LogP) is 3.21. The van der Waals surface area contributed by atoms with E-state index in [1.807, 2.05) is 0 Å². The first kappa shape index (κ1) is 19.0. The second-order valence-corrected chi connectivity index (χ2v) is 7.75. The number of amides is 2. The molecule has 1 aromatic heterocycles. The molecule has 138 valence electrons. The maximum atomic E-state index is 12.5. The molecule has 0 bridgehead atoms. The van der Waals surface area contributed by atoms with E-state index in [1.54, 1.807) is 23.6 Å². The Morgan fingerprint density at radius 2 is 2.19 bits per heavy atom. The standard InChI is InChI=1S/C16H11N3O5S3/c1-24-11-5-4-9(7-10(11)19(22)23)8-13-15(21)18(16(25)27-13)17-14(20)12-3-2-6-26-12/h2-8H,1H3,(H,17,20)/b13-8+. The predicted molar refractivity (Wildman–Crippen MR) is 106 cm³/mol. The lowest BCUT2D eigenvalue weighted by Crippen LogP contribution is -2.44. The minimum Gasteiger partial charge on any atom is -0.490 e.